The highest BCUT2D eigenvalue weighted by atomic mass is 32.3. The van der Waals surface area contributed by atoms with Crippen LogP contribution in [0.15, 0.2) is 54.6 Å². The summed E-state index contributed by atoms with van der Waals surface area (Å²) in [6.07, 6.45) is -1.12. The van der Waals surface area contributed by atoms with E-state index in [-0.39, 0.29) is 35.6 Å². The van der Waals surface area contributed by atoms with Gasteiger partial charge in [0.15, 0.2) is 5.75 Å². The fourth-order valence-electron chi connectivity index (χ4n) is 5.86. The van der Waals surface area contributed by atoms with E-state index in [9.17, 15) is 21.9 Å². The molecule has 0 saturated carbocycles. The summed E-state index contributed by atoms with van der Waals surface area (Å²) in [5.74, 6) is -0.343. The molecule has 240 valence electrons. The number of fused-ring (bicyclic) bond motifs is 3. The molecule has 3 aromatic rings. The first-order valence-corrected chi connectivity index (χ1v) is 16.1. The molecule has 3 aromatic carbocycles. The second-order valence-electron chi connectivity index (χ2n) is 12.3. The Labute approximate surface area is 263 Å². The van der Waals surface area contributed by atoms with Crippen LogP contribution >= 0.6 is 0 Å². The van der Waals surface area contributed by atoms with Crippen molar-refractivity contribution in [2.75, 3.05) is 38.1 Å². The lowest BCUT2D eigenvalue weighted by atomic mass is 9.98. The first-order chi connectivity index (χ1) is 21.2. The number of piperazine rings is 1. The molecular formula is C33H38FN3O7S. The molecule has 0 spiro atoms. The first-order valence-electron chi connectivity index (χ1n) is 14.8. The van der Waals surface area contributed by atoms with Crippen LogP contribution in [0.25, 0.3) is 11.1 Å². The lowest BCUT2D eigenvalue weighted by Crippen LogP contribution is -2.49. The van der Waals surface area contributed by atoms with E-state index in [0.717, 1.165) is 22.3 Å². The van der Waals surface area contributed by atoms with E-state index in [0.29, 0.717) is 43.9 Å². The second-order valence-corrected chi connectivity index (χ2v) is 13.3. The Morgan fingerprint density at radius 1 is 0.933 bits per heavy atom. The molecule has 1 aliphatic carbocycles. The van der Waals surface area contributed by atoms with Crippen LogP contribution in [0.1, 0.15) is 54.5 Å². The Morgan fingerprint density at radius 2 is 1.51 bits per heavy atom. The fourth-order valence-corrected chi connectivity index (χ4v) is 6.31. The van der Waals surface area contributed by atoms with E-state index >= 15 is 0 Å². The van der Waals surface area contributed by atoms with Gasteiger partial charge in [0.2, 0.25) is 0 Å². The third-order valence-corrected chi connectivity index (χ3v) is 8.43. The van der Waals surface area contributed by atoms with Gasteiger partial charge in [-0.15, -0.1) is 0 Å². The minimum atomic E-state index is -5.34. The number of carbonyl (C=O) groups is 2. The largest absolute Gasteiger partial charge is 0.488 e. The third kappa shape index (κ3) is 7.56. The molecule has 12 heteroatoms. The van der Waals surface area contributed by atoms with Gasteiger partial charge in [-0.05, 0) is 74.1 Å². The number of halogens is 1. The Hall–Kier alpha value is -4.16. The predicted octanol–water partition coefficient (Wildman–Crippen LogP) is 6.31. The van der Waals surface area contributed by atoms with Gasteiger partial charge in [-0.25, -0.2) is 9.59 Å². The second kappa shape index (κ2) is 12.7. The monoisotopic (exact) mass is 639 g/mol. The molecule has 1 saturated heterocycles. The smallest absolute Gasteiger partial charge is 0.448 e. The number of anilines is 1. The highest BCUT2D eigenvalue weighted by Gasteiger charge is 2.30. The predicted molar refractivity (Wildman–Crippen MR) is 168 cm³/mol. The maximum absolute atomic E-state index is 13.8. The highest BCUT2D eigenvalue weighted by molar-refractivity contribution is 7.81. The normalized spacial score (nSPS) is 15.3. The molecule has 2 amide bonds. The van der Waals surface area contributed by atoms with Crippen molar-refractivity contribution in [2.45, 2.75) is 52.7 Å². The lowest BCUT2D eigenvalue weighted by Gasteiger charge is -2.36. The summed E-state index contributed by atoms with van der Waals surface area (Å²) in [5.41, 5.74) is 5.24. The van der Waals surface area contributed by atoms with Crippen molar-refractivity contribution in [1.29, 1.82) is 0 Å². The van der Waals surface area contributed by atoms with Crippen molar-refractivity contribution in [1.82, 2.24) is 9.80 Å². The maximum Gasteiger partial charge on any atom is 0.488 e. The van der Waals surface area contributed by atoms with E-state index in [1.807, 2.05) is 69.3 Å². The van der Waals surface area contributed by atoms with Crippen molar-refractivity contribution >= 4 is 28.4 Å². The van der Waals surface area contributed by atoms with Crippen LogP contribution in [-0.4, -0.2) is 68.8 Å². The maximum atomic E-state index is 13.8. The van der Waals surface area contributed by atoms with Gasteiger partial charge in [0.1, 0.15) is 12.2 Å². The molecule has 0 atom stereocenters. The number of carbonyl (C=O) groups excluding carboxylic acids is 2. The zero-order chi connectivity index (χ0) is 32.5. The average Bonchev–Trinajstić information content (AvgIpc) is 3.29. The zero-order valence-electron chi connectivity index (χ0n) is 26.1. The van der Waals surface area contributed by atoms with Gasteiger partial charge in [0, 0.05) is 44.2 Å². The number of ether oxygens (including phenoxy) is 2. The minimum Gasteiger partial charge on any atom is -0.448 e. The third-order valence-electron chi connectivity index (χ3n) is 8.07. The number of nitrogens with zero attached hydrogens (tertiary/aromatic N) is 2. The summed E-state index contributed by atoms with van der Waals surface area (Å²) in [6, 6.07) is 17.7. The SMILES string of the molecule is Cc1c(CN2CCN(C(=O)OC(C)(C)C)CC2)cc(NC(=O)OCC2c3ccccc3-c3ccccc32)c(C)c1OS(=O)(=O)F. The molecular weight excluding hydrogens is 601 g/mol. The summed E-state index contributed by atoms with van der Waals surface area (Å²) in [5, 5.41) is 2.71. The van der Waals surface area contributed by atoms with Crippen LogP contribution < -0.4 is 9.50 Å². The lowest BCUT2D eigenvalue weighted by molar-refractivity contribution is 0.0139. The number of benzene rings is 3. The molecule has 0 bridgehead atoms. The van der Waals surface area contributed by atoms with Crippen LogP contribution in [0.2, 0.25) is 0 Å². The number of rotatable bonds is 7. The van der Waals surface area contributed by atoms with Crippen molar-refractivity contribution in [3.8, 4) is 16.9 Å². The number of hydrogen-bond acceptors (Lipinski definition) is 8. The average molecular weight is 640 g/mol. The van der Waals surface area contributed by atoms with Gasteiger partial charge in [0.25, 0.3) is 0 Å². The number of hydrogen-bond donors (Lipinski definition) is 1. The van der Waals surface area contributed by atoms with Gasteiger partial charge in [-0.2, -0.15) is 8.42 Å². The topological polar surface area (TPSA) is 114 Å². The van der Waals surface area contributed by atoms with Gasteiger partial charge in [-0.1, -0.05) is 52.4 Å². The van der Waals surface area contributed by atoms with Crippen molar-refractivity contribution < 1.29 is 35.5 Å². The molecule has 5 rings (SSSR count). The van der Waals surface area contributed by atoms with Gasteiger partial charge in [0.05, 0.1) is 5.69 Å². The van der Waals surface area contributed by atoms with E-state index in [4.69, 9.17) is 13.7 Å². The van der Waals surface area contributed by atoms with E-state index < -0.39 is 22.2 Å². The summed E-state index contributed by atoms with van der Waals surface area (Å²) in [4.78, 5) is 29.3. The van der Waals surface area contributed by atoms with Gasteiger partial charge in [-0.3, -0.25) is 10.2 Å². The molecule has 1 N–H and O–H groups in total. The van der Waals surface area contributed by atoms with E-state index in [1.165, 1.54) is 6.92 Å². The molecule has 10 nitrogen and oxygen atoms in total. The van der Waals surface area contributed by atoms with E-state index in [1.54, 1.807) is 17.9 Å². The molecule has 2 aliphatic rings. The highest BCUT2D eigenvalue weighted by Crippen LogP contribution is 2.44. The summed E-state index contributed by atoms with van der Waals surface area (Å²) < 4.78 is 52.7. The number of amides is 2. The summed E-state index contributed by atoms with van der Waals surface area (Å²) in [6.45, 7) is 11.0. The molecule has 1 aliphatic heterocycles. The molecule has 0 aromatic heterocycles. The summed E-state index contributed by atoms with van der Waals surface area (Å²) in [7, 11) is -5.34. The fraction of sp³-hybridized carbons (Fsp3) is 0.394. The quantitative estimate of drug-likeness (QED) is 0.299. The van der Waals surface area contributed by atoms with Crippen molar-refractivity contribution in [2.24, 2.45) is 0 Å². The molecule has 0 unspecified atom stereocenters. The van der Waals surface area contributed by atoms with Crippen LogP contribution in [0.5, 0.6) is 5.75 Å². The van der Waals surface area contributed by atoms with Crippen molar-refractivity contribution in [3.63, 3.8) is 0 Å². The minimum absolute atomic E-state index is 0.0851. The Kier molecular flexibility index (Phi) is 9.09. The molecule has 0 radical (unpaired) electrons. The Balaban J connectivity index is 1.31. The first kappa shape index (κ1) is 32.2. The molecule has 1 heterocycles. The van der Waals surface area contributed by atoms with Crippen LogP contribution in [0.4, 0.5) is 19.2 Å². The molecule has 45 heavy (non-hydrogen) atoms. The number of nitrogens with one attached hydrogen (secondary N) is 1. The van der Waals surface area contributed by atoms with Crippen LogP contribution in [-0.2, 0) is 26.5 Å². The standard InChI is InChI=1S/C33H38FN3O7S/c1-21-23(19-36-14-16-37(17-15-36)32(39)43-33(3,4)5)18-29(22(2)30(21)44-45(34,40)41)35-31(38)42-20-28-26-12-8-6-10-24(26)25-11-7-9-13-27(25)28/h6-13,18,28H,14-17,19-20H2,1-5H3,(H,35,38). The van der Waals surface area contributed by atoms with Crippen LogP contribution in [0, 0.1) is 13.8 Å². The van der Waals surface area contributed by atoms with Crippen molar-refractivity contribution in [3.05, 3.63) is 82.4 Å². The Morgan fingerprint density at radius 3 is 2.07 bits per heavy atom. The van der Waals surface area contributed by atoms with E-state index in [2.05, 4.69) is 10.2 Å². The van der Waals surface area contributed by atoms with Gasteiger partial charge < -0.3 is 18.6 Å². The Bertz CT molecular complexity index is 1670. The summed E-state index contributed by atoms with van der Waals surface area (Å²) >= 11 is 0. The zero-order valence-corrected chi connectivity index (χ0v) is 26.9. The van der Waals surface area contributed by atoms with Gasteiger partial charge >= 0.3 is 22.7 Å². The van der Waals surface area contributed by atoms with Crippen LogP contribution in [0.3, 0.4) is 0 Å². The molecule has 1 fully saturated rings.